The first-order valence-electron chi connectivity index (χ1n) is 5.27. The fraction of sp³-hybridized carbons (Fsp3) is 0.556. The molecule has 0 aliphatic carbocycles. The van der Waals surface area contributed by atoms with E-state index in [-0.39, 0.29) is 10.6 Å². The van der Waals surface area contributed by atoms with E-state index >= 15 is 0 Å². The minimum absolute atomic E-state index is 0.0595. The lowest BCUT2D eigenvalue weighted by atomic mass is 10.4. The van der Waals surface area contributed by atoms with Gasteiger partial charge in [0.25, 0.3) is 10.0 Å². The average molecular weight is 291 g/mol. The highest BCUT2D eigenvalue weighted by Gasteiger charge is 2.32. The molecule has 0 bridgehead atoms. The third-order valence-electron chi connectivity index (χ3n) is 2.58. The number of aromatic amines is 1. The van der Waals surface area contributed by atoms with Crippen LogP contribution in [0.5, 0.6) is 0 Å². The minimum atomic E-state index is -3.70. The summed E-state index contributed by atoms with van der Waals surface area (Å²) < 4.78 is 30.5. The van der Waals surface area contributed by atoms with Gasteiger partial charge in [-0.15, -0.1) is 0 Å². The number of ether oxygens (including phenoxy) is 1. The van der Waals surface area contributed by atoms with Gasteiger partial charge in [-0.3, -0.25) is 5.10 Å². The van der Waals surface area contributed by atoms with Gasteiger partial charge in [0.15, 0.2) is 5.03 Å². The third-order valence-corrected chi connectivity index (χ3v) is 5.39. The predicted molar refractivity (Wildman–Crippen MR) is 66.0 cm³/mol. The maximum atomic E-state index is 12.3. The summed E-state index contributed by atoms with van der Waals surface area (Å²) in [5.74, 6) is 0.788. The lowest BCUT2D eigenvalue weighted by Crippen LogP contribution is -2.38. The summed E-state index contributed by atoms with van der Waals surface area (Å²) in [5, 5.41) is 5.79. The monoisotopic (exact) mass is 291 g/mol. The van der Waals surface area contributed by atoms with Gasteiger partial charge in [-0.2, -0.15) is 21.2 Å². The van der Waals surface area contributed by atoms with Crippen LogP contribution in [0, 0.1) is 0 Å². The van der Waals surface area contributed by atoms with E-state index in [0.29, 0.717) is 13.1 Å². The van der Waals surface area contributed by atoms with Crippen molar-refractivity contribution in [2.24, 2.45) is 0 Å². The molecule has 0 spiro atoms. The number of nitrogens with zero attached hydrogens (tertiary/aromatic N) is 2. The van der Waals surface area contributed by atoms with Gasteiger partial charge in [0.2, 0.25) is 0 Å². The van der Waals surface area contributed by atoms with Crippen molar-refractivity contribution in [1.29, 1.82) is 0 Å². The first-order chi connectivity index (χ1) is 8.57. The molecule has 1 aliphatic heterocycles. The van der Waals surface area contributed by atoms with Gasteiger partial charge in [-0.25, -0.2) is 13.2 Å². The largest absolute Gasteiger partial charge is 0.465 e. The average Bonchev–Trinajstić information content (AvgIpc) is 2.89. The number of carbonyl (C=O) groups is 1. The molecule has 1 aliphatic rings. The van der Waals surface area contributed by atoms with Gasteiger partial charge in [0.05, 0.1) is 13.3 Å². The van der Waals surface area contributed by atoms with Crippen molar-refractivity contribution in [3.63, 3.8) is 0 Å². The van der Waals surface area contributed by atoms with Gasteiger partial charge >= 0.3 is 5.97 Å². The van der Waals surface area contributed by atoms with Crippen LogP contribution in [0.2, 0.25) is 0 Å². The highest BCUT2D eigenvalue weighted by atomic mass is 32.2. The van der Waals surface area contributed by atoms with Crippen LogP contribution in [0.1, 0.15) is 10.4 Å². The number of nitrogens with one attached hydrogen (secondary N) is 1. The molecule has 100 valence electrons. The number of hydrogen-bond acceptors (Lipinski definition) is 6. The molecule has 7 nitrogen and oxygen atoms in total. The maximum Gasteiger partial charge on any atom is 0.342 e. The van der Waals surface area contributed by atoms with Crippen molar-refractivity contribution in [2.45, 2.75) is 5.03 Å². The van der Waals surface area contributed by atoms with E-state index in [2.05, 4.69) is 14.9 Å². The fourth-order valence-electron chi connectivity index (χ4n) is 1.64. The Labute approximate surface area is 109 Å². The second-order valence-electron chi connectivity index (χ2n) is 3.62. The lowest BCUT2D eigenvalue weighted by molar-refractivity contribution is 0.0596. The number of methoxy groups -OCH3 is 1. The number of hydrogen-bond donors (Lipinski definition) is 1. The third kappa shape index (κ3) is 2.38. The molecule has 0 radical (unpaired) electrons. The molecular weight excluding hydrogens is 278 g/mol. The van der Waals surface area contributed by atoms with E-state index in [1.165, 1.54) is 11.4 Å². The smallest absolute Gasteiger partial charge is 0.342 e. The molecule has 1 aromatic heterocycles. The van der Waals surface area contributed by atoms with Crippen LogP contribution in [0.15, 0.2) is 11.2 Å². The summed E-state index contributed by atoms with van der Waals surface area (Å²) in [6, 6.07) is 0. The number of aromatic nitrogens is 2. The van der Waals surface area contributed by atoms with Crippen LogP contribution in [0.25, 0.3) is 0 Å². The molecule has 1 aromatic rings. The molecule has 1 fully saturated rings. The summed E-state index contributed by atoms with van der Waals surface area (Å²) in [6.45, 7) is 0.874. The molecule has 0 saturated carbocycles. The van der Waals surface area contributed by atoms with Gasteiger partial charge in [0, 0.05) is 24.6 Å². The molecular formula is C9H13N3O4S2. The Bertz CT molecular complexity index is 534. The van der Waals surface area contributed by atoms with Crippen molar-refractivity contribution in [2.75, 3.05) is 31.7 Å². The van der Waals surface area contributed by atoms with Crippen LogP contribution >= 0.6 is 11.8 Å². The predicted octanol–water partition coefficient (Wildman–Crippen LogP) is -0.0662. The van der Waals surface area contributed by atoms with E-state index in [1.54, 1.807) is 11.8 Å². The Hall–Kier alpha value is -1.06. The summed E-state index contributed by atoms with van der Waals surface area (Å²) in [4.78, 5) is 11.5. The minimum Gasteiger partial charge on any atom is -0.465 e. The zero-order valence-electron chi connectivity index (χ0n) is 9.75. The van der Waals surface area contributed by atoms with Crippen molar-refractivity contribution in [1.82, 2.24) is 14.5 Å². The van der Waals surface area contributed by atoms with E-state index in [1.807, 2.05) is 0 Å². The zero-order valence-corrected chi connectivity index (χ0v) is 11.4. The number of H-pyrrole nitrogens is 1. The fourth-order valence-corrected chi connectivity index (χ4v) is 4.28. The second kappa shape index (κ2) is 5.29. The Morgan fingerprint density at radius 3 is 2.78 bits per heavy atom. The normalized spacial score (nSPS) is 17.6. The van der Waals surface area contributed by atoms with Gasteiger partial charge in [0.1, 0.15) is 5.56 Å². The molecule has 9 heteroatoms. The van der Waals surface area contributed by atoms with Crippen molar-refractivity contribution >= 4 is 27.8 Å². The number of rotatable bonds is 3. The molecule has 2 rings (SSSR count). The Morgan fingerprint density at radius 2 is 2.17 bits per heavy atom. The molecule has 0 unspecified atom stereocenters. The summed E-state index contributed by atoms with van der Waals surface area (Å²) in [6.07, 6.45) is 1.16. The van der Waals surface area contributed by atoms with Gasteiger partial charge in [-0.05, 0) is 0 Å². The Balaban J connectivity index is 2.35. The topological polar surface area (TPSA) is 92.4 Å². The van der Waals surface area contributed by atoms with Crippen molar-refractivity contribution < 1.29 is 17.9 Å². The quantitative estimate of drug-likeness (QED) is 0.784. The first kappa shape index (κ1) is 13.4. The van der Waals surface area contributed by atoms with Gasteiger partial charge < -0.3 is 4.74 Å². The lowest BCUT2D eigenvalue weighted by Gasteiger charge is -2.25. The zero-order chi connectivity index (χ0) is 13.2. The van der Waals surface area contributed by atoms with Crippen LogP contribution in [0.4, 0.5) is 0 Å². The summed E-state index contributed by atoms with van der Waals surface area (Å²) in [7, 11) is -2.51. The number of sulfonamides is 1. The van der Waals surface area contributed by atoms with E-state index < -0.39 is 16.0 Å². The molecule has 1 saturated heterocycles. The SMILES string of the molecule is COC(=O)c1cn[nH]c1S(=O)(=O)N1CCSCC1. The van der Waals surface area contributed by atoms with Gasteiger partial charge in [-0.1, -0.05) is 0 Å². The Kier molecular flexibility index (Phi) is 3.93. The molecule has 0 atom stereocenters. The summed E-state index contributed by atoms with van der Waals surface area (Å²) in [5.41, 5.74) is -0.0595. The van der Waals surface area contributed by atoms with E-state index in [4.69, 9.17) is 0 Å². The van der Waals surface area contributed by atoms with Crippen LogP contribution in [0.3, 0.4) is 0 Å². The maximum absolute atomic E-state index is 12.3. The Morgan fingerprint density at radius 1 is 1.50 bits per heavy atom. The van der Waals surface area contributed by atoms with E-state index in [0.717, 1.165) is 17.7 Å². The van der Waals surface area contributed by atoms with Crippen molar-refractivity contribution in [3.8, 4) is 0 Å². The van der Waals surface area contributed by atoms with Crippen molar-refractivity contribution in [3.05, 3.63) is 11.8 Å². The van der Waals surface area contributed by atoms with Crippen LogP contribution in [-0.2, 0) is 14.8 Å². The van der Waals surface area contributed by atoms with Crippen LogP contribution < -0.4 is 0 Å². The molecule has 18 heavy (non-hydrogen) atoms. The second-order valence-corrected chi connectivity index (χ2v) is 6.72. The molecule has 0 amide bonds. The number of esters is 1. The molecule has 2 heterocycles. The van der Waals surface area contributed by atoms with E-state index in [9.17, 15) is 13.2 Å². The highest BCUT2D eigenvalue weighted by molar-refractivity contribution is 7.99. The number of carbonyl (C=O) groups excluding carboxylic acids is 1. The van der Waals surface area contributed by atoms with Crippen LogP contribution in [-0.4, -0.2) is 60.6 Å². The highest BCUT2D eigenvalue weighted by Crippen LogP contribution is 2.21. The molecule has 1 N–H and O–H groups in total. The molecule has 0 aromatic carbocycles. The number of thioether (sulfide) groups is 1. The summed E-state index contributed by atoms with van der Waals surface area (Å²) >= 11 is 1.70. The first-order valence-corrected chi connectivity index (χ1v) is 7.86. The standard InChI is InChI=1S/C9H13N3O4S2/c1-16-9(13)7-6-10-11-8(7)18(14,15)12-2-4-17-5-3-12/h6H,2-5H2,1H3,(H,10,11).